The van der Waals surface area contributed by atoms with E-state index in [4.69, 9.17) is 9.84 Å². The van der Waals surface area contributed by atoms with Crippen LogP contribution in [0, 0.1) is 0 Å². The summed E-state index contributed by atoms with van der Waals surface area (Å²) in [5.74, 6) is -1.86. The van der Waals surface area contributed by atoms with Gasteiger partial charge < -0.3 is 25.2 Å². The van der Waals surface area contributed by atoms with Crippen LogP contribution in [0.15, 0.2) is 42.0 Å². The molecule has 4 N–H and O–H groups in total. The van der Waals surface area contributed by atoms with Gasteiger partial charge in [0.05, 0.1) is 0 Å². The number of rotatable bonds is 3. The van der Waals surface area contributed by atoms with Gasteiger partial charge in [0.1, 0.15) is 12.2 Å². The van der Waals surface area contributed by atoms with Crippen LogP contribution in [0.4, 0.5) is 0 Å². The number of aromatic carboxylic acids is 1. The molecule has 122 valence electrons. The Morgan fingerprint density at radius 3 is 2.54 bits per heavy atom. The molecule has 0 unspecified atom stereocenters. The van der Waals surface area contributed by atoms with Gasteiger partial charge in [0.15, 0.2) is 23.0 Å². The number of hydrogen-bond donors (Lipinski definition) is 4. The fraction of sp³-hybridized carbons (Fsp3) is 0.0556. The highest BCUT2D eigenvalue weighted by atomic mass is 16.5. The smallest absolute Gasteiger partial charge is 0.339 e. The van der Waals surface area contributed by atoms with Gasteiger partial charge in [-0.25, -0.2) is 4.79 Å². The Morgan fingerprint density at radius 2 is 1.83 bits per heavy atom. The Bertz CT molecular complexity index is 879. The lowest BCUT2D eigenvalue weighted by atomic mass is 10.0. The van der Waals surface area contributed by atoms with Crippen LogP contribution in [0.2, 0.25) is 0 Å². The molecule has 6 heteroatoms. The average Bonchev–Trinajstić information content (AvgIpc) is 2.56. The maximum Gasteiger partial charge on any atom is 0.339 e. The normalized spacial score (nSPS) is 13.2. The van der Waals surface area contributed by atoms with Crippen LogP contribution >= 0.6 is 0 Å². The molecule has 0 saturated heterocycles. The summed E-state index contributed by atoms with van der Waals surface area (Å²) in [4.78, 5) is 11.0. The Labute approximate surface area is 137 Å². The Balaban J connectivity index is 1.88. The predicted octanol–water partition coefficient (Wildman–Crippen LogP) is 2.99. The molecule has 0 aliphatic carbocycles. The van der Waals surface area contributed by atoms with Gasteiger partial charge in [0, 0.05) is 5.56 Å². The molecule has 0 bridgehead atoms. The van der Waals surface area contributed by atoms with Gasteiger partial charge in [-0.15, -0.1) is 0 Å². The molecule has 24 heavy (non-hydrogen) atoms. The van der Waals surface area contributed by atoms with Crippen LogP contribution in [-0.2, 0) is 0 Å². The summed E-state index contributed by atoms with van der Waals surface area (Å²) in [5.41, 5.74) is 1.87. The van der Waals surface area contributed by atoms with Crippen molar-refractivity contribution in [2.45, 2.75) is 0 Å². The van der Waals surface area contributed by atoms with Crippen LogP contribution in [0.1, 0.15) is 21.5 Å². The van der Waals surface area contributed by atoms with Gasteiger partial charge >= 0.3 is 5.97 Å². The van der Waals surface area contributed by atoms with E-state index in [2.05, 4.69) is 0 Å². The third-order valence-electron chi connectivity index (χ3n) is 3.61. The zero-order valence-corrected chi connectivity index (χ0v) is 12.4. The lowest BCUT2D eigenvalue weighted by Gasteiger charge is -2.18. The average molecular weight is 326 g/mol. The van der Waals surface area contributed by atoms with Crippen molar-refractivity contribution in [2.75, 3.05) is 6.61 Å². The van der Waals surface area contributed by atoms with Gasteiger partial charge in [-0.05, 0) is 35.4 Å². The summed E-state index contributed by atoms with van der Waals surface area (Å²) >= 11 is 0. The second-order valence-corrected chi connectivity index (χ2v) is 5.27. The van der Waals surface area contributed by atoms with Crippen LogP contribution in [0.25, 0.3) is 12.2 Å². The van der Waals surface area contributed by atoms with Crippen molar-refractivity contribution in [3.63, 3.8) is 0 Å². The molecule has 0 atom stereocenters. The second-order valence-electron chi connectivity index (χ2n) is 5.27. The van der Waals surface area contributed by atoms with E-state index >= 15 is 0 Å². The van der Waals surface area contributed by atoms with E-state index < -0.39 is 5.97 Å². The molecule has 0 radical (unpaired) electrons. The van der Waals surface area contributed by atoms with E-state index in [0.717, 1.165) is 5.57 Å². The summed E-state index contributed by atoms with van der Waals surface area (Å²) < 4.78 is 5.47. The third-order valence-corrected chi connectivity index (χ3v) is 3.61. The van der Waals surface area contributed by atoms with Gasteiger partial charge in [0.25, 0.3) is 0 Å². The number of benzene rings is 2. The number of ether oxygens (including phenoxy) is 1. The molecule has 1 aliphatic heterocycles. The first kappa shape index (κ1) is 15.5. The van der Waals surface area contributed by atoms with E-state index in [9.17, 15) is 20.1 Å². The van der Waals surface area contributed by atoms with E-state index in [1.807, 2.05) is 0 Å². The molecule has 1 aliphatic rings. The van der Waals surface area contributed by atoms with Crippen LogP contribution in [0.5, 0.6) is 23.0 Å². The minimum absolute atomic E-state index is 0.148. The topological polar surface area (TPSA) is 107 Å². The van der Waals surface area contributed by atoms with E-state index in [0.29, 0.717) is 11.1 Å². The zero-order valence-electron chi connectivity index (χ0n) is 12.4. The van der Waals surface area contributed by atoms with Gasteiger partial charge in [0.2, 0.25) is 0 Å². The molecule has 6 nitrogen and oxygen atoms in total. The highest BCUT2D eigenvalue weighted by Gasteiger charge is 2.20. The number of carbonyl (C=O) groups is 1. The molecule has 0 aromatic heterocycles. The maximum absolute atomic E-state index is 11.0. The van der Waals surface area contributed by atoms with Gasteiger partial charge in [-0.2, -0.15) is 0 Å². The van der Waals surface area contributed by atoms with Gasteiger partial charge in [-0.1, -0.05) is 24.3 Å². The fourth-order valence-corrected chi connectivity index (χ4v) is 2.37. The van der Waals surface area contributed by atoms with Crippen molar-refractivity contribution in [3.8, 4) is 23.0 Å². The molecular formula is C18H14O6. The number of carboxylic acids is 1. The number of phenolic OH excluding ortho intramolecular Hbond substituents is 2. The first-order valence-electron chi connectivity index (χ1n) is 7.08. The summed E-state index contributed by atoms with van der Waals surface area (Å²) in [6.45, 7) is 0.171. The standard InChI is InChI=1S/C18H14O6/c19-14-6-3-10(8-15(14)20)1-2-11-7-12-4-5-13(18(22)23)16(21)17(12)24-9-11/h1-8,19-21H,9H2,(H,22,23)/b2-1+. The number of aromatic hydroxyl groups is 3. The largest absolute Gasteiger partial charge is 0.504 e. The number of hydrogen-bond acceptors (Lipinski definition) is 5. The monoisotopic (exact) mass is 326 g/mol. The lowest BCUT2D eigenvalue weighted by Crippen LogP contribution is -2.08. The summed E-state index contributed by atoms with van der Waals surface area (Å²) in [6, 6.07) is 7.35. The minimum atomic E-state index is -1.22. The highest BCUT2D eigenvalue weighted by molar-refractivity contribution is 5.93. The maximum atomic E-state index is 11.0. The second kappa shape index (κ2) is 6.00. The summed E-state index contributed by atoms with van der Waals surface area (Å²) in [6.07, 6.45) is 5.29. The fourth-order valence-electron chi connectivity index (χ4n) is 2.37. The molecule has 0 spiro atoms. The summed E-state index contributed by atoms with van der Waals surface area (Å²) in [5, 5.41) is 37.7. The van der Waals surface area contributed by atoms with Gasteiger partial charge in [-0.3, -0.25) is 0 Å². The van der Waals surface area contributed by atoms with Crippen molar-refractivity contribution in [1.82, 2.24) is 0 Å². The van der Waals surface area contributed by atoms with Crippen molar-refractivity contribution in [2.24, 2.45) is 0 Å². The van der Waals surface area contributed by atoms with Crippen LogP contribution in [0.3, 0.4) is 0 Å². The molecule has 0 amide bonds. The molecule has 0 saturated carbocycles. The van der Waals surface area contributed by atoms with Crippen molar-refractivity contribution in [1.29, 1.82) is 0 Å². The third kappa shape index (κ3) is 2.89. The quantitative estimate of drug-likeness (QED) is 0.646. The Morgan fingerprint density at radius 1 is 1.04 bits per heavy atom. The van der Waals surface area contributed by atoms with Crippen molar-refractivity contribution < 1.29 is 30.0 Å². The van der Waals surface area contributed by atoms with Crippen LogP contribution in [-0.4, -0.2) is 33.0 Å². The molecule has 0 fully saturated rings. The zero-order chi connectivity index (χ0) is 17.3. The van der Waals surface area contributed by atoms with E-state index in [1.54, 1.807) is 30.4 Å². The number of phenols is 3. The van der Waals surface area contributed by atoms with E-state index in [1.165, 1.54) is 18.2 Å². The van der Waals surface area contributed by atoms with Crippen molar-refractivity contribution >= 4 is 18.1 Å². The lowest BCUT2D eigenvalue weighted by molar-refractivity contribution is 0.0693. The summed E-state index contributed by atoms with van der Waals surface area (Å²) in [7, 11) is 0. The number of carboxylic acid groups (broad SMARTS) is 1. The Kier molecular flexibility index (Phi) is 3.87. The SMILES string of the molecule is O=C(O)c1ccc2c(c1O)OCC(/C=C/c1ccc(O)c(O)c1)=C2. The molecule has 2 aromatic rings. The first-order valence-corrected chi connectivity index (χ1v) is 7.08. The first-order chi connectivity index (χ1) is 11.5. The predicted molar refractivity (Wildman–Crippen MR) is 87.3 cm³/mol. The molecule has 3 rings (SSSR count). The van der Waals surface area contributed by atoms with E-state index in [-0.39, 0.29) is 35.2 Å². The van der Waals surface area contributed by atoms with Crippen LogP contribution < -0.4 is 4.74 Å². The molecule has 2 aromatic carbocycles. The Hall–Kier alpha value is -3.41. The molecule has 1 heterocycles. The molecular weight excluding hydrogens is 312 g/mol. The highest BCUT2D eigenvalue weighted by Crippen LogP contribution is 2.38. The minimum Gasteiger partial charge on any atom is -0.504 e. The number of fused-ring (bicyclic) bond motifs is 1. The van der Waals surface area contributed by atoms with Crippen molar-refractivity contribution in [3.05, 3.63) is 58.7 Å².